The van der Waals surface area contributed by atoms with E-state index in [0.29, 0.717) is 0 Å². The Morgan fingerprint density at radius 2 is 2.25 bits per heavy atom. The van der Waals surface area contributed by atoms with Crippen LogP contribution in [-0.4, -0.2) is 12.8 Å². The highest BCUT2D eigenvalue weighted by Gasteiger charge is 2.41. The second-order valence-corrected chi connectivity index (χ2v) is 3.61. The molecular formula is C10H12BN. The van der Waals surface area contributed by atoms with Gasteiger partial charge in [0.25, 0.3) is 0 Å². The number of hydrogen-bond donors (Lipinski definition) is 0. The van der Waals surface area contributed by atoms with Crippen LogP contribution < -0.4 is 5.46 Å². The van der Waals surface area contributed by atoms with E-state index in [9.17, 15) is 0 Å². The average molecular weight is 157 g/mol. The van der Waals surface area contributed by atoms with Gasteiger partial charge in [0.15, 0.2) is 0 Å². The van der Waals surface area contributed by atoms with Crippen LogP contribution in [0.4, 0.5) is 0 Å². The van der Waals surface area contributed by atoms with Crippen molar-refractivity contribution in [1.82, 2.24) is 4.98 Å². The molecule has 0 atom stereocenters. The number of allylic oxidation sites excluding steroid dienone is 1. The molecule has 1 aliphatic rings. The van der Waals surface area contributed by atoms with Crippen LogP contribution in [0.2, 0.25) is 0 Å². The number of aromatic nitrogens is 1. The summed E-state index contributed by atoms with van der Waals surface area (Å²) in [6, 6.07) is 2.21. The molecular weight excluding hydrogens is 145 g/mol. The van der Waals surface area contributed by atoms with Crippen molar-refractivity contribution in [2.45, 2.75) is 18.3 Å². The predicted molar refractivity (Wildman–Crippen MR) is 53.5 cm³/mol. The van der Waals surface area contributed by atoms with Gasteiger partial charge in [-0.25, -0.2) is 0 Å². The molecule has 1 aromatic heterocycles. The zero-order valence-electron chi connectivity index (χ0n) is 7.38. The second kappa shape index (κ2) is 2.48. The smallest absolute Gasteiger partial charge is 0.141 e. The van der Waals surface area contributed by atoms with Crippen LogP contribution in [0.25, 0.3) is 0 Å². The van der Waals surface area contributed by atoms with Gasteiger partial charge >= 0.3 is 0 Å². The van der Waals surface area contributed by atoms with E-state index in [-0.39, 0.29) is 5.41 Å². The molecule has 0 saturated heterocycles. The first-order chi connectivity index (χ1) is 5.77. The lowest BCUT2D eigenvalue weighted by atomic mass is 9.91. The van der Waals surface area contributed by atoms with Crippen molar-refractivity contribution < 1.29 is 0 Å². The first-order valence-corrected chi connectivity index (χ1v) is 4.33. The molecule has 1 heterocycles. The fourth-order valence-corrected chi connectivity index (χ4v) is 1.57. The summed E-state index contributed by atoms with van der Waals surface area (Å²) in [7, 11) is 2.08. The maximum atomic E-state index is 4.19. The molecule has 0 aliphatic heterocycles. The molecule has 1 saturated carbocycles. The topological polar surface area (TPSA) is 12.9 Å². The van der Waals surface area contributed by atoms with Crippen molar-refractivity contribution in [2.24, 2.45) is 0 Å². The summed E-state index contributed by atoms with van der Waals surface area (Å²) < 4.78 is 0. The number of nitrogens with zero attached hydrogens (tertiary/aromatic N) is 1. The minimum Gasteiger partial charge on any atom is -0.265 e. The van der Waals surface area contributed by atoms with E-state index in [1.807, 2.05) is 12.4 Å². The largest absolute Gasteiger partial charge is 0.265 e. The molecule has 0 bridgehead atoms. The van der Waals surface area contributed by atoms with Gasteiger partial charge in [-0.1, -0.05) is 17.6 Å². The minimum atomic E-state index is 0.277. The third-order valence-electron chi connectivity index (χ3n) is 2.63. The molecule has 0 N–H and O–H groups in total. The average Bonchev–Trinajstić information content (AvgIpc) is 2.84. The monoisotopic (exact) mass is 157 g/mol. The van der Waals surface area contributed by atoms with Gasteiger partial charge < -0.3 is 0 Å². The van der Waals surface area contributed by atoms with E-state index in [2.05, 4.69) is 31.6 Å². The van der Waals surface area contributed by atoms with Crippen LogP contribution in [0, 0.1) is 0 Å². The molecule has 1 aliphatic carbocycles. The Kier molecular flexibility index (Phi) is 1.57. The highest BCUT2D eigenvalue weighted by molar-refractivity contribution is 6.32. The summed E-state index contributed by atoms with van der Waals surface area (Å²) in [4.78, 5) is 4.19. The van der Waals surface area contributed by atoms with Gasteiger partial charge in [0.1, 0.15) is 7.85 Å². The molecule has 1 fully saturated rings. The Hall–Kier alpha value is -1.05. The van der Waals surface area contributed by atoms with E-state index in [1.54, 1.807) is 0 Å². The van der Waals surface area contributed by atoms with E-state index < -0.39 is 0 Å². The predicted octanol–water partition coefficient (Wildman–Crippen LogP) is 0.558. The van der Waals surface area contributed by atoms with Gasteiger partial charge in [0.05, 0.1) is 0 Å². The van der Waals surface area contributed by atoms with Crippen LogP contribution in [-0.2, 0) is 5.41 Å². The second-order valence-electron chi connectivity index (χ2n) is 3.61. The van der Waals surface area contributed by atoms with Gasteiger partial charge in [-0.05, 0) is 18.4 Å². The van der Waals surface area contributed by atoms with Crippen molar-refractivity contribution in [3.63, 3.8) is 0 Å². The summed E-state index contributed by atoms with van der Waals surface area (Å²) in [5.74, 6) is 0. The lowest BCUT2D eigenvalue weighted by molar-refractivity contribution is 0.886. The Morgan fingerprint density at radius 3 is 2.75 bits per heavy atom. The first kappa shape index (κ1) is 7.60. The molecule has 0 radical (unpaired) electrons. The van der Waals surface area contributed by atoms with Crippen LogP contribution in [0.15, 0.2) is 31.1 Å². The van der Waals surface area contributed by atoms with E-state index in [4.69, 9.17) is 0 Å². The molecule has 0 unspecified atom stereocenters. The van der Waals surface area contributed by atoms with E-state index in [1.165, 1.54) is 23.9 Å². The summed E-state index contributed by atoms with van der Waals surface area (Å²) in [5, 5.41) is 0. The normalized spacial score (nSPS) is 18.7. The lowest BCUT2D eigenvalue weighted by Gasteiger charge is -2.09. The van der Waals surface area contributed by atoms with Gasteiger partial charge in [0, 0.05) is 17.8 Å². The maximum Gasteiger partial charge on any atom is 0.141 e. The van der Waals surface area contributed by atoms with Crippen LogP contribution in [0.3, 0.4) is 0 Å². The van der Waals surface area contributed by atoms with Crippen molar-refractivity contribution in [1.29, 1.82) is 0 Å². The quantitative estimate of drug-likeness (QED) is 0.451. The number of rotatable bonds is 2. The summed E-state index contributed by atoms with van der Waals surface area (Å²) in [5.41, 5.74) is 2.84. The van der Waals surface area contributed by atoms with Gasteiger partial charge in [0.2, 0.25) is 0 Å². The number of hydrogen-bond acceptors (Lipinski definition) is 1. The molecule has 60 valence electrons. The molecule has 2 heteroatoms. The third kappa shape index (κ3) is 1.08. The van der Waals surface area contributed by atoms with Crippen LogP contribution >= 0.6 is 0 Å². The Morgan fingerprint density at radius 1 is 1.50 bits per heavy atom. The van der Waals surface area contributed by atoms with Crippen molar-refractivity contribution in [2.75, 3.05) is 0 Å². The molecule has 1 aromatic rings. The SMILES string of the molecule is Bc1cncc(C2(C=C)CC2)c1. The third-order valence-corrected chi connectivity index (χ3v) is 2.63. The first-order valence-electron chi connectivity index (χ1n) is 4.33. The van der Waals surface area contributed by atoms with Crippen LogP contribution in [0.5, 0.6) is 0 Å². The highest BCUT2D eigenvalue weighted by Crippen LogP contribution is 2.48. The van der Waals surface area contributed by atoms with Crippen molar-refractivity contribution in [3.05, 3.63) is 36.7 Å². The molecule has 0 aromatic carbocycles. The Balaban J connectivity index is 2.40. The maximum absolute atomic E-state index is 4.19. The zero-order chi connectivity index (χ0) is 8.60. The minimum absolute atomic E-state index is 0.277. The molecule has 0 amide bonds. The van der Waals surface area contributed by atoms with Crippen molar-refractivity contribution in [3.8, 4) is 0 Å². The summed E-state index contributed by atoms with van der Waals surface area (Å²) in [6.07, 6.45) is 8.39. The lowest BCUT2D eigenvalue weighted by Crippen LogP contribution is -2.10. The summed E-state index contributed by atoms with van der Waals surface area (Å²) in [6.45, 7) is 3.87. The fourth-order valence-electron chi connectivity index (χ4n) is 1.57. The molecule has 12 heavy (non-hydrogen) atoms. The molecule has 0 spiro atoms. The van der Waals surface area contributed by atoms with Gasteiger partial charge in [-0.3, -0.25) is 4.98 Å². The van der Waals surface area contributed by atoms with Crippen molar-refractivity contribution >= 4 is 13.3 Å². The van der Waals surface area contributed by atoms with Gasteiger partial charge in [-0.2, -0.15) is 0 Å². The van der Waals surface area contributed by atoms with Crippen LogP contribution in [0.1, 0.15) is 18.4 Å². The highest BCUT2D eigenvalue weighted by atomic mass is 14.6. The zero-order valence-corrected chi connectivity index (χ0v) is 7.38. The molecule has 1 nitrogen and oxygen atoms in total. The standard InChI is InChI=1S/C10H12BN/c1-2-10(3-4-10)8-5-9(11)7-12-6-8/h2,5-7H,1,3-4,11H2. The number of pyridine rings is 1. The van der Waals surface area contributed by atoms with E-state index >= 15 is 0 Å². The van der Waals surface area contributed by atoms with E-state index in [0.717, 1.165) is 0 Å². The Labute approximate surface area is 73.9 Å². The summed E-state index contributed by atoms with van der Waals surface area (Å²) >= 11 is 0. The fraction of sp³-hybridized carbons (Fsp3) is 0.300. The Bertz CT molecular complexity index is 315. The molecule has 2 rings (SSSR count). The van der Waals surface area contributed by atoms with Gasteiger partial charge in [-0.15, -0.1) is 6.58 Å².